The Morgan fingerprint density at radius 1 is 0.400 bits per heavy atom. The first-order chi connectivity index (χ1) is 10.4. The first kappa shape index (κ1) is 23.9. The van der Waals surface area contributed by atoms with Crippen LogP contribution in [0, 0.1) is 0 Å². The van der Waals surface area contributed by atoms with Crippen LogP contribution in [0.4, 0.5) is 65.9 Å². The van der Waals surface area contributed by atoms with Crippen LogP contribution in [-0.2, 0) is 0 Å². The van der Waals surface area contributed by atoms with Gasteiger partial charge >= 0.3 is 48.7 Å². The number of hydrogen-bond donors (Lipinski definition) is 2. The summed E-state index contributed by atoms with van der Waals surface area (Å²) in [6, 6.07) is 0. The van der Waals surface area contributed by atoms with Crippen molar-refractivity contribution in [2.24, 2.45) is 0 Å². The molecule has 0 unspecified atom stereocenters. The van der Waals surface area contributed by atoms with E-state index in [0.29, 0.717) is 0 Å². The van der Waals surface area contributed by atoms with Crippen molar-refractivity contribution in [2.75, 3.05) is 0 Å². The van der Waals surface area contributed by atoms with E-state index in [1.54, 1.807) is 0 Å². The van der Waals surface area contributed by atoms with Crippen LogP contribution < -0.4 is 0 Å². The molecule has 0 aromatic rings. The van der Waals surface area contributed by atoms with Crippen molar-refractivity contribution in [2.45, 2.75) is 41.6 Å². The van der Waals surface area contributed by atoms with E-state index in [9.17, 15) is 65.9 Å². The Hall–Kier alpha value is -1.07. The molecule has 0 spiro atoms. The molecule has 0 rings (SSSR count). The van der Waals surface area contributed by atoms with Crippen molar-refractivity contribution in [1.82, 2.24) is 0 Å². The molecule has 18 heteroatoms. The monoisotopic (exact) mass is 414 g/mol. The molecule has 2 nitrogen and oxygen atoms in total. The zero-order valence-corrected chi connectivity index (χ0v) is 10.6. The number of hydrogen-bond acceptors (Lipinski definition) is 2. The van der Waals surface area contributed by atoms with E-state index in [2.05, 4.69) is 0 Å². The van der Waals surface area contributed by atoms with Gasteiger partial charge < -0.3 is 10.0 Å². The van der Waals surface area contributed by atoms with Gasteiger partial charge in [0.05, 0.1) is 0 Å². The molecule has 0 atom stereocenters. The molecule has 25 heavy (non-hydrogen) atoms. The zero-order chi connectivity index (χ0) is 21.1. The van der Waals surface area contributed by atoms with E-state index in [-0.39, 0.29) is 0 Å². The Kier molecular flexibility index (Phi) is 5.47. The van der Waals surface area contributed by atoms with Gasteiger partial charge in [0.15, 0.2) is 0 Å². The summed E-state index contributed by atoms with van der Waals surface area (Å²) in [5.74, 6) is -48.1. The highest BCUT2D eigenvalue weighted by atomic mass is 19.4. The second-order valence-electron chi connectivity index (χ2n) is 4.37. The first-order valence-electron chi connectivity index (χ1n) is 5.14. The highest BCUT2D eigenvalue weighted by Crippen LogP contribution is 2.62. The molecule has 0 aliphatic heterocycles. The fourth-order valence-electron chi connectivity index (χ4n) is 1.14. The van der Waals surface area contributed by atoms with Crippen LogP contribution in [0.3, 0.4) is 0 Å². The standard InChI is InChI=1S/C7H2BF15O2/c9-1(10,3(13,14)5(17,18)7(21,22)23)2(11,12)4(15,16)6(19,20)8(24)25/h24-25H. The van der Waals surface area contributed by atoms with Crippen molar-refractivity contribution in [3.8, 4) is 0 Å². The minimum absolute atomic E-state index is 4.90. The predicted molar refractivity (Wildman–Crippen MR) is 45.9 cm³/mol. The van der Waals surface area contributed by atoms with Gasteiger partial charge in [-0.3, -0.25) is 0 Å². The Morgan fingerprint density at radius 2 is 0.640 bits per heavy atom. The normalized spacial score (nSPS) is 16.2. The summed E-state index contributed by atoms with van der Waals surface area (Å²) in [6.07, 6.45) is -7.68. The van der Waals surface area contributed by atoms with Crippen LogP contribution in [0.15, 0.2) is 0 Å². The molecule has 0 bridgehead atoms. The summed E-state index contributed by atoms with van der Waals surface area (Å²) in [5, 5.41) is 15.5. The minimum atomic E-state index is -8.43. The molecule has 0 fully saturated rings. The summed E-state index contributed by atoms with van der Waals surface area (Å²) in [4.78, 5) is 0. The van der Waals surface area contributed by atoms with Crippen molar-refractivity contribution >= 4 is 7.12 Å². The van der Waals surface area contributed by atoms with E-state index in [0.717, 1.165) is 0 Å². The molecular weight excluding hydrogens is 412 g/mol. The Morgan fingerprint density at radius 3 is 0.880 bits per heavy atom. The molecule has 0 aliphatic rings. The van der Waals surface area contributed by atoms with E-state index >= 15 is 0 Å². The van der Waals surface area contributed by atoms with Crippen molar-refractivity contribution in [3.05, 3.63) is 0 Å². The first-order valence-corrected chi connectivity index (χ1v) is 5.14. The lowest BCUT2D eigenvalue weighted by Crippen LogP contribution is -2.74. The van der Waals surface area contributed by atoms with Crippen LogP contribution in [0.1, 0.15) is 0 Å². The summed E-state index contributed by atoms with van der Waals surface area (Å²) in [6.45, 7) is 0. The molecule has 0 aliphatic carbocycles. The van der Waals surface area contributed by atoms with Crippen LogP contribution in [0.25, 0.3) is 0 Å². The lowest BCUT2D eigenvalue weighted by Gasteiger charge is -2.41. The average Bonchev–Trinajstić information content (AvgIpc) is 2.35. The van der Waals surface area contributed by atoms with E-state index < -0.39 is 48.7 Å². The SMILES string of the molecule is OB(O)C(F)(F)C(F)(F)C(F)(F)C(F)(F)C(F)(F)C(F)(F)C(F)(F)F. The highest BCUT2D eigenvalue weighted by molar-refractivity contribution is 6.44. The van der Waals surface area contributed by atoms with Gasteiger partial charge in [-0.15, -0.1) is 0 Å². The summed E-state index contributed by atoms with van der Waals surface area (Å²) in [7, 11) is -4.90. The summed E-state index contributed by atoms with van der Waals surface area (Å²) >= 11 is 0. The van der Waals surface area contributed by atoms with Gasteiger partial charge in [0.2, 0.25) is 0 Å². The lowest BCUT2D eigenvalue weighted by atomic mass is 9.73. The number of halogens is 15. The molecule has 0 saturated carbocycles. The van der Waals surface area contributed by atoms with Crippen molar-refractivity contribution in [1.29, 1.82) is 0 Å². The Bertz CT molecular complexity index is 495. The number of rotatable bonds is 6. The van der Waals surface area contributed by atoms with Crippen molar-refractivity contribution < 1.29 is 75.9 Å². The molecule has 0 aromatic carbocycles. The van der Waals surface area contributed by atoms with E-state index in [1.165, 1.54) is 0 Å². The van der Waals surface area contributed by atoms with Gasteiger partial charge in [0.25, 0.3) is 0 Å². The van der Waals surface area contributed by atoms with Gasteiger partial charge in [-0.2, -0.15) is 57.1 Å². The van der Waals surface area contributed by atoms with Crippen LogP contribution in [0.2, 0.25) is 0 Å². The maximum atomic E-state index is 12.9. The number of alkyl halides is 15. The van der Waals surface area contributed by atoms with Gasteiger partial charge in [0, 0.05) is 0 Å². The summed E-state index contributed by atoms with van der Waals surface area (Å²) in [5.41, 5.74) is 0. The molecular formula is C7H2BF15O2. The molecule has 0 heterocycles. The molecule has 150 valence electrons. The quantitative estimate of drug-likeness (QED) is 0.517. The van der Waals surface area contributed by atoms with Crippen LogP contribution in [0.5, 0.6) is 0 Å². The topological polar surface area (TPSA) is 40.5 Å². The maximum Gasteiger partial charge on any atom is 0.536 e. The third kappa shape index (κ3) is 2.89. The minimum Gasteiger partial charge on any atom is -0.423 e. The molecule has 2 N–H and O–H groups in total. The van der Waals surface area contributed by atoms with Gasteiger partial charge in [-0.1, -0.05) is 0 Å². The van der Waals surface area contributed by atoms with E-state index in [1.807, 2.05) is 0 Å². The average molecular weight is 414 g/mol. The maximum absolute atomic E-state index is 12.9. The molecule has 0 aromatic heterocycles. The largest absolute Gasteiger partial charge is 0.536 e. The fraction of sp³-hybridized carbons (Fsp3) is 1.00. The fourth-order valence-corrected chi connectivity index (χ4v) is 1.14. The third-order valence-electron chi connectivity index (χ3n) is 2.68. The van der Waals surface area contributed by atoms with E-state index in [4.69, 9.17) is 10.0 Å². The molecule has 0 saturated heterocycles. The lowest BCUT2D eigenvalue weighted by molar-refractivity contribution is -0.448. The zero-order valence-electron chi connectivity index (χ0n) is 10.6. The predicted octanol–water partition coefficient (Wildman–Crippen LogP) is 3.37. The van der Waals surface area contributed by atoms with Crippen LogP contribution >= 0.6 is 0 Å². The van der Waals surface area contributed by atoms with Gasteiger partial charge in [0.1, 0.15) is 0 Å². The summed E-state index contributed by atoms with van der Waals surface area (Å²) < 4.78 is 187. The van der Waals surface area contributed by atoms with Crippen LogP contribution in [-0.4, -0.2) is 58.8 Å². The molecule has 0 radical (unpaired) electrons. The van der Waals surface area contributed by atoms with Crippen molar-refractivity contribution in [3.63, 3.8) is 0 Å². The highest BCUT2D eigenvalue weighted by Gasteiger charge is 2.94. The molecule has 0 amide bonds. The second kappa shape index (κ2) is 5.72. The second-order valence-corrected chi connectivity index (χ2v) is 4.37. The van der Waals surface area contributed by atoms with Gasteiger partial charge in [-0.05, 0) is 0 Å². The third-order valence-corrected chi connectivity index (χ3v) is 2.68. The Balaban J connectivity index is 6.50. The van der Waals surface area contributed by atoms with Gasteiger partial charge in [-0.25, -0.2) is 8.78 Å². The Labute approximate surface area is 126 Å². The smallest absolute Gasteiger partial charge is 0.423 e.